The van der Waals surface area contributed by atoms with Gasteiger partial charge in [0.15, 0.2) is 0 Å². The minimum atomic E-state index is -3.69. The van der Waals surface area contributed by atoms with Crippen molar-refractivity contribution in [3.05, 3.63) is 59.9 Å². The number of rotatable bonds is 8. The number of nitrogens with one attached hydrogen (secondary N) is 1. The Balaban J connectivity index is 1.34. The van der Waals surface area contributed by atoms with Crippen LogP contribution in [0, 0.1) is 5.82 Å². The SMILES string of the molecule is NS(=O)(=O)c1ccc(CCNC(=O)CCN2CCN(c3ccccc3F)CC2)cc1. The third-order valence-corrected chi connectivity index (χ3v) is 6.14. The van der Waals surface area contributed by atoms with Crippen molar-refractivity contribution in [2.24, 2.45) is 5.14 Å². The van der Waals surface area contributed by atoms with Crippen LogP contribution in [0.5, 0.6) is 0 Å². The Labute approximate surface area is 176 Å². The van der Waals surface area contributed by atoms with Gasteiger partial charge in [0.1, 0.15) is 5.82 Å². The first-order chi connectivity index (χ1) is 14.3. The van der Waals surface area contributed by atoms with Crippen molar-refractivity contribution in [3.8, 4) is 0 Å². The zero-order chi connectivity index (χ0) is 21.6. The molecular formula is C21H27FN4O3S. The zero-order valence-corrected chi connectivity index (χ0v) is 17.6. The summed E-state index contributed by atoms with van der Waals surface area (Å²) in [6.45, 7) is 4.19. The Kier molecular flexibility index (Phi) is 7.41. The van der Waals surface area contributed by atoms with Crippen molar-refractivity contribution in [1.82, 2.24) is 10.2 Å². The maximum Gasteiger partial charge on any atom is 0.238 e. The molecule has 2 aromatic carbocycles. The number of halogens is 1. The van der Waals surface area contributed by atoms with Gasteiger partial charge in [-0.1, -0.05) is 24.3 Å². The van der Waals surface area contributed by atoms with Crippen LogP contribution in [0.4, 0.5) is 10.1 Å². The van der Waals surface area contributed by atoms with Crippen LogP contribution >= 0.6 is 0 Å². The van der Waals surface area contributed by atoms with Gasteiger partial charge in [-0.15, -0.1) is 0 Å². The molecule has 0 bridgehead atoms. The number of amides is 1. The van der Waals surface area contributed by atoms with Gasteiger partial charge >= 0.3 is 0 Å². The number of benzene rings is 2. The molecule has 1 aliphatic heterocycles. The minimum absolute atomic E-state index is 0.0207. The lowest BCUT2D eigenvalue weighted by Crippen LogP contribution is -2.47. The number of para-hydroxylation sites is 1. The van der Waals surface area contributed by atoms with E-state index in [0.29, 0.717) is 31.6 Å². The summed E-state index contributed by atoms with van der Waals surface area (Å²) in [4.78, 5) is 16.4. The molecule has 9 heteroatoms. The van der Waals surface area contributed by atoms with E-state index in [0.717, 1.165) is 31.7 Å². The monoisotopic (exact) mass is 434 g/mol. The number of carbonyl (C=O) groups excluding carboxylic acids is 1. The second-order valence-corrected chi connectivity index (χ2v) is 8.88. The Morgan fingerprint density at radius 1 is 1.03 bits per heavy atom. The van der Waals surface area contributed by atoms with Crippen molar-refractivity contribution < 1.29 is 17.6 Å². The van der Waals surface area contributed by atoms with Gasteiger partial charge in [-0.2, -0.15) is 0 Å². The molecule has 0 atom stereocenters. The van der Waals surface area contributed by atoms with Gasteiger partial charge in [0, 0.05) is 45.7 Å². The summed E-state index contributed by atoms with van der Waals surface area (Å²) in [5.74, 6) is -0.225. The van der Waals surface area contributed by atoms with Gasteiger partial charge < -0.3 is 10.2 Å². The number of hydrogen-bond donors (Lipinski definition) is 2. The molecule has 0 aromatic heterocycles. The highest BCUT2D eigenvalue weighted by Gasteiger charge is 2.19. The van der Waals surface area contributed by atoms with Crippen LogP contribution in [-0.2, 0) is 21.2 Å². The molecule has 0 unspecified atom stereocenters. The molecule has 3 N–H and O–H groups in total. The van der Waals surface area contributed by atoms with Gasteiger partial charge in [-0.05, 0) is 36.2 Å². The fourth-order valence-electron chi connectivity index (χ4n) is 3.46. The summed E-state index contributed by atoms with van der Waals surface area (Å²) in [6, 6.07) is 13.1. The molecule has 0 aliphatic carbocycles. The quantitative estimate of drug-likeness (QED) is 0.654. The third-order valence-electron chi connectivity index (χ3n) is 5.21. The Morgan fingerprint density at radius 3 is 2.33 bits per heavy atom. The van der Waals surface area contributed by atoms with Crippen LogP contribution in [0.2, 0.25) is 0 Å². The van der Waals surface area contributed by atoms with E-state index in [4.69, 9.17) is 5.14 Å². The first-order valence-electron chi connectivity index (χ1n) is 9.93. The van der Waals surface area contributed by atoms with E-state index in [2.05, 4.69) is 10.2 Å². The van der Waals surface area contributed by atoms with Gasteiger partial charge in [0.05, 0.1) is 10.6 Å². The normalized spacial score (nSPS) is 15.2. The highest BCUT2D eigenvalue weighted by molar-refractivity contribution is 7.89. The summed E-state index contributed by atoms with van der Waals surface area (Å²) < 4.78 is 36.4. The maximum absolute atomic E-state index is 13.9. The van der Waals surface area contributed by atoms with Crippen LogP contribution < -0.4 is 15.4 Å². The van der Waals surface area contributed by atoms with Gasteiger partial charge in [-0.3, -0.25) is 9.69 Å². The van der Waals surface area contributed by atoms with Crippen molar-refractivity contribution in [2.75, 3.05) is 44.2 Å². The van der Waals surface area contributed by atoms with Crippen molar-refractivity contribution in [3.63, 3.8) is 0 Å². The van der Waals surface area contributed by atoms with Crippen LogP contribution in [0.25, 0.3) is 0 Å². The highest BCUT2D eigenvalue weighted by Crippen LogP contribution is 2.20. The van der Waals surface area contributed by atoms with Crippen LogP contribution in [0.1, 0.15) is 12.0 Å². The number of primary sulfonamides is 1. The highest BCUT2D eigenvalue weighted by atomic mass is 32.2. The summed E-state index contributed by atoms with van der Waals surface area (Å²) in [6.07, 6.45) is 1.02. The number of sulfonamides is 1. The first-order valence-corrected chi connectivity index (χ1v) is 11.5. The van der Waals surface area contributed by atoms with Crippen LogP contribution in [0.3, 0.4) is 0 Å². The van der Waals surface area contributed by atoms with E-state index < -0.39 is 10.0 Å². The van der Waals surface area contributed by atoms with Gasteiger partial charge in [0.2, 0.25) is 15.9 Å². The van der Waals surface area contributed by atoms with E-state index in [1.165, 1.54) is 18.2 Å². The molecule has 1 aliphatic rings. The zero-order valence-electron chi connectivity index (χ0n) is 16.8. The molecule has 1 saturated heterocycles. The lowest BCUT2D eigenvalue weighted by Gasteiger charge is -2.36. The minimum Gasteiger partial charge on any atom is -0.367 e. The molecule has 0 saturated carbocycles. The lowest BCUT2D eigenvalue weighted by atomic mass is 10.1. The second-order valence-electron chi connectivity index (χ2n) is 7.32. The van der Waals surface area contributed by atoms with Crippen molar-refractivity contribution >= 4 is 21.6 Å². The number of anilines is 1. The molecule has 162 valence electrons. The van der Waals surface area contributed by atoms with E-state index in [-0.39, 0.29) is 16.6 Å². The molecule has 2 aromatic rings. The van der Waals surface area contributed by atoms with Crippen LogP contribution in [0.15, 0.2) is 53.4 Å². The van der Waals surface area contributed by atoms with E-state index in [1.807, 2.05) is 11.0 Å². The average molecular weight is 435 g/mol. The molecule has 7 nitrogen and oxygen atoms in total. The molecule has 0 spiro atoms. The molecule has 30 heavy (non-hydrogen) atoms. The van der Waals surface area contributed by atoms with E-state index in [9.17, 15) is 17.6 Å². The number of nitrogens with two attached hydrogens (primary N) is 1. The first kappa shape index (κ1) is 22.2. The second kappa shape index (κ2) is 10.0. The molecule has 1 heterocycles. The fraction of sp³-hybridized carbons (Fsp3) is 0.381. The predicted molar refractivity (Wildman–Crippen MR) is 114 cm³/mol. The lowest BCUT2D eigenvalue weighted by molar-refractivity contribution is -0.121. The largest absolute Gasteiger partial charge is 0.367 e. The third kappa shape index (κ3) is 6.25. The maximum atomic E-state index is 13.9. The number of piperazine rings is 1. The Hall–Kier alpha value is -2.49. The smallest absolute Gasteiger partial charge is 0.238 e. The summed E-state index contributed by atoms with van der Waals surface area (Å²) in [5.41, 5.74) is 1.55. The standard InChI is InChI=1S/C21H27FN4O3S/c22-19-3-1-2-4-20(19)26-15-13-25(14-16-26)12-10-21(27)24-11-9-17-5-7-18(8-6-17)30(23,28)29/h1-8H,9-16H2,(H,24,27)(H2,23,28,29). The average Bonchev–Trinajstić information content (AvgIpc) is 2.73. The predicted octanol–water partition coefficient (Wildman–Crippen LogP) is 1.34. The van der Waals surface area contributed by atoms with Crippen LogP contribution in [-0.4, -0.2) is 58.5 Å². The summed E-state index contributed by atoms with van der Waals surface area (Å²) in [7, 11) is -3.69. The number of nitrogens with zero attached hydrogens (tertiary/aromatic N) is 2. The number of hydrogen-bond acceptors (Lipinski definition) is 5. The van der Waals surface area contributed by atoms with E-state index >= 15 is 0 Å². The topological polar surface area (TPSA) is 95.7 Å². The molecular weight excluding hydrogens is 407 g/mol. The van der Waals surface area contributed by atoms with Crippen molar-refractivity contribution in [1.29, 1.82) is 0 Å². The Morgan fingerprint density at radius 2 is 1.70 bits per heavy atom. The van der Waals surface area contributed by atoms with Gasteiger partial charge in [0.25, 0.3) is 0 Å². The molecule has 3 rings (SSSR count). The summed E-state index contributed by atoms with van der Waals surface area (Å²) >= 11 is 0. The van der Waals surface area contributed by atoms with E-state index in [1.54, 1.807) is 24.3 Å². The number of carbonyl (C=O) groups is 1. The molecule has 1 fully saturated rings. The summed E-state index contributed by atoms with van der Waals surface area (Å²) in [5, 5.41) is 7.97. The van der Waals surface area contributed by atoms with Crippen molar-refractivity contribution in [2.45, 2.75) is 17.7 Å². The molecule has 0 radical (unpaired) electrons. The molecule has 1 amide bonds. The fourth-order valence-corrected chi connectivity index (χ4v) is 3.98. The van der Waals surface area contributed by atoms with Gasteiger partial charge in [-0.25, -0.2) is 17.9 Å². The Bertz CT molecular complexity index is 958.